The van der Waals surface area contributed by atoms with E-state index in [0.717, 1.165) is 10.0 Å². The molecule has 0 aliphatic rings. The Morgan fingerprint density at radius 3 is 2.85 bits per heavy atom. The van der Waals surface area contributed by atoms with Crippen molar-refractivity contribution in [1.29, 1.82) is 0 Å². The van der Waals surface area contributed by atoms with E-state index in [0.29, 0.717) is 18.9 Å². The van der Waals surface area contributed by atoms with E-state index in [2.05, 4.69) is 15.9 Å². The van der Waals surface area contributed by atoms with Crippen LogP contribution in [0.1, 0.15) is 18.6 Å². The fourth-order valence-corrected chi connectivity index (χ4v) is 2.22. The minimum Gasteiger partial charge on any atom is -0.491 e. The third-order valence-electron chi connectivity index (χ3n) is 2.91. The van der Waals surface area contributed by atoms with Crippen molar-refractivity contribution in [3.05, 3.63) is 63.0 Å². The first-order chi connectivity index (χ1) is 9.58. The molecular formula is C15H16BrNO3. The topological polar surface area (TPSA) is 51.5 Å². The SMILES string of the molecule is C[C@@H](O)c1ccc(Br)cc1OCCn1ccccc1=O. The highest BCUT2D eigenvalue weighted by Crippen LogP contribution is 2.28. The van der Waals surface area contributed by atoms with Crippen LogP contribution in [0, 0.1) is 0 Å². The van der Waals surface area contributed by atoms with Gasteiger partial charge in [-0.15, -0.1) is 0 Å². The number of aliphatic hydroxyl groups is 1. The summed E-state index contributed by atoms with van der Waals surface area (Å²) in [4.78, 5) is 11.6. The zero-order valence-electron chi connectivity index (χ0n) is 11.1. The molecule has 2 rings (SSSR count). The number of ether oxygens (including phenoxy) is 1. The summed E-state index contributed by atoms with van der Waals surface area (Å²) in [5, 5.41) is 9.71. The van der Waals surface area contributed by atoms with Gasteiger partial charge in [0, 0.05) is 22.3 Å². The van der Waals surface area contributed by atoms with Gasteiger partial charge in [0.05, 0.1) is 12.6 Å². The Morgan fingerprint density at radius 2 is 2.15 bits per heavy atom. The number of rotatable bonds is 5. The summed E-state index contributed by atoms with van der Waals surface area (Å²) >= 11 is 3.38. The van der Waals surface area contributed by atoms with Gasteiger partial charge >= 0.3 is 0 Å². The van der Waals surface area contributed by atoms with E-state index >= 15 is 0 Å². The van der Waals surface area contributed by atoms with Crippen LogP contribution in [0.25, 0.3) is 0 Å². The van der Waals surface area contributed by atoms with Crippen LogP contribution in [0.3, 0.4) is 0 Å². The lowest BCUT2D eigenvalue weighted by molar-refractivity contribution is 0.190. The molecule has 20 heavy (non-hydrogen) atoms. The Morgan fingerprint density at radius 1 is 1.35 bits per heavy atom. The van der Waals surface area contributed by atoms with Crippen LogP contribution in [-0.2, 0) is 6.54 Å². The first-order valence-corrected chi connectivity index (χ1v) is 7.13. The number of aliphatic hydroxyl groups excluding tert-OH is 1. The van der Waals surface area contributed by atoms with Crippen molar-refractivity contribution in [2.75, 3.05) is 6.61 Å². The normalized spacial score (nSPS) is 12.2. The number of halogens is 1. The van der Waals surface area contributed by atoms with E-state index in [1.807, 2.05) is 24.3 Å². The Kier molecular flexibility index (Phi) is 4.98. The number of benzene rings is 1. The first kappa shape index (κ1) is 14.8. The summed E-state index contributed by atoms with van der Waals surface area (Å²) in [6, 6.07) is 10.5. The van der Waals surface area contributed by atoms with Crippen molar-refractivity contribution in [3.8, 4) is 5.75 Å². The predicted molar refractivity (Wildman–Crippen MR) is 81.0 cm³/mol. The highest BCUT2D eigenvalue weighted by molar-refractivity contribution is 9.10. The Labute approximate surface area is 125 Å². The molecule has 1 heterocycles. The molecular weight excluding hydrogens is 322 g/mol. The van der Waals surface area contributed by atoms with Crippen LogP contribution in [0.2, 0.25) is 0 Å². The average molecular weight is 338 g/mol. The summed E-state index contributed by atoms with van der Waals surface area (Å²) in [5.74, 6) is 0.623. The fraction of sp³-hybridized carbons (Fsp3) is 0.267. The number of pyridine rings is 1. The molecule has 2 aromatic rings. The van der Waals surface area contributed by atoms with Crippen LogP contribution in [0.5, 0.6) is 5.75 Å². The molecule has 0 unspecified atom stereocenters. The van der Waals surface area contributed by atoms with Gasteiger partial charge in [0.15, 0.2) is 0 Å². The lowest BCUT2D eigenvalue weighted by atomic mass is 10.1. The van der Waals surface area contributed by atoms with Crippen molar-refractivity contribution >= 4 is 15.9 Å². The number of aromatic nitrogens is 1. The molecule has 0 spiro atoms. The Bertz CT molecular complexity index is 637. The summed E-state index contributed by atoms with van der Waals surface area (Å²) in [5.41, 5.74) is 0.676. The molecule has 1 atom stereocenters. The van der Waals surface area contributed by atoms with Crippen molar-refractivity contribution in [2.24, 2.45) is 0 Å². The predicted octanol–water partition coefficient (Wildman–Crippen LogP) is 2.74. The lowest BCUT2D eigenvalue weighted by Crippen LogP contribution is -2.21. The van der Waals surface area contributed by atoms with Gasteiger partial charge in [0.1, 0.15) is 12.4 Å². The number of nitrogens with zero attached hydrogens (tertiary/aromatic N) is 1. The third kappa shape index (κ3) is 3.71. The van der Waals surface area contributed by atoms with Crippen molar-refractivity contribution in [1.82, 2.24) is 4.57 Å². The molecule has 0 aliphatic heterocycles. The average Bonchev–Trinajstić information content (AvgIpc) is 2.41. The smallest absolute Gasteiger partial charge is 0.250 e. The van der Waals surface area contributed by atoms with E-state index in [1.54, 1.807) is 23.8 Å². The third-order valence-corrected chi connectivity index (χ3v) is 3.41. The van der Waals surface area contributed by atoms with E-state index < -0.39 is 6.10 Å². The van der Waals surface area contributed by atoms with Gasteiger partial charge in [-0.3, -0.25) is 4.79 Å². The minimum absolute atomic E-state index is 0.0545. The second-order valence-electron chi connectivity index (χ2n) is 4.44. The van der Waals surface area contributed by atoms with Crippen LogP contribution >= 0.6 is 15.9 Å². The number of hydrogen-bond donors (Lipinski definition) is 1. The zero-order chi connectivity index (χ0) is 14.5. The summed E-state index contributed by atoms with van der Waals surface area (Å²) in [6.07, 6.45) is 1.12. The molecule has 0 fully saturated rings. The van der Waals surface area contributed by atoms with E-state index in [4.69, 9.17) is 4.74 Å². The van der Waals surface area contributed by atoms with Gasteiger partial charge in [-0.25, -0.2) is 0 Å². The molecule has 1 aromatic heterocycles. The molecule has 1 N–H and O–H groups in total. The highest BCUT2D eigenvalue weighted by Gasteiger charge is 2.09. The Balaban J connectivity index is 2.06. The van der Waals surface area contributed by atoms with E-state index in [1.165, 1.54) is 6.07 Å². The van der Waals surface area contributed by atoms with Crippen LogP contribution in [0.4, 0.5) is 0 Å². The van der Waals surface area contributed by atoms with E-state index in [-0.39, 0.29) is 5.56 Å². The summed E-state index contributed by atoms with van der Waals surface area (Å²) in [6.45, 7) is 2.52. The number of hydrogen-bond acceptors (Lipinski definition) is 3. The molecule has 0 saturated heterocycles. The highest BCUT2D eigenvalue weighted by atomic mass is 79.9. The summed E-state index contributed by atoms with van der Waals surface area (Å²) < 4.78 is 8.15. The maximum absolute atomic E-state index is 11.6. The second kappa shape index (κ2) is 6.72. The molecule has 106 valence electrons. The van der Waals surface area contributed by atoms with Gasteiger partial charge in [0.2, 0.25) is 0 Å². The van der Waals surface area contributed by atoms with Gasteiger partial charge < -0.3 is 14.4 Å². The zero-order valence-corrected chi connectivity index (χ0v) is 12.7. The molecule has 0 amide bonds. The molecule has 0 saturated carbocycles. The van der Waals surface area contributed by atoms with Gasteiger partial charge in [0.25, 0.3) is 5.56 Å². The molecule has 4 nitrogen and oxygen atoms in total. The summed E-state index contributed by atoms with van der Waals surface area (Å²) in [7, 11) is 0. The Hall–Kier alpha value is -1.59. The molecule has 5 heteroatoms. The van der Waals surface area contributed by atoms with Crippen LogP contribution in [-0.4, -0.2) is 16.3 Å². The fourth-order valence-electron chi connectivity index (χ4n) is 1.88. The molecule has 1 aromatic carbocycles. The maximum Gasteiger partial charge on any atom is 0.250 e. The molecule has 0 aliphatic carbocycles. The van der Waals surface area contributed by atoms with Crippen molar-refractivity contribution < 1.29 is 9.84 Å². The quantitative estimate of drug-likeness (QED) is 0.912. The van der Waals surface area contributed by atoms with E-state index in [9.17, 15) is 9.90 Å². The van der Waals surface area contributed by atoms with Crippen molar-refractivity contribution in [3.63, 3.8) is 0 Å². The van der Waals surface area contributed by atoms with Gasteiger partial charge in [-0.1, -0.05) is 28.1 Å². The second-order valence-corrected chi connectivity index (χ2v) is 5.35. The minimum atomic E-state index is -0.599. The standard InChI is InChI=1S/C15H16BrNO3/c1-11(18)13-6-5-12(16)10-14(13)20-9-8-17-7-3-2-4-15(17)19/h2-7,10-11,18H,8-9H2,1H3/t11-/m1/s1. The van der Waals surface area contributed by atoms with Crippen LogP contribution < -0.4 is 10.3 Å². The lowest BCUT2D eigenvalue weighted by Gasteiger charge is -2.14. The van der Waals surface area contributed by atoms with Crippen molar-refractivity contribution in [2.45, 2.75) is 19.6 Å². The maximum atomic E-state index is 11.6. The monoisotopic (exact) mass is 337 g/mol. The molecule has 0 bridgehead atoms. The van der Waals surface area contributed by atoms with Gasteiger partial charge in [-0.2, -0.15) is 0 Å². The van der Waals surface area contributed by atoms with Gasteiger partial charge in [-0.05, 0) is 25.1 Å². The largest absolute Gasteiger partial charge is 0.491 e. The van der Waals surface area contributed by atoms with Crippen LogP contribution in [0.15, 0.2) is 51.9 Å². The first-order valence-electron chi connectivity index (χ1n) is 6.33. The molecule has 0 radical (unpaired) electrons.